The van der Waals surface area contributed by atoms with Gasteiger partial charge in [0.1, 0.15) is 146 Å². The van der Waals surface area contributed by atoms with Crippen LogP contribution in [-0.2, 0) is 114 Å². The summed E-state index contributed by atoms with van der Waals surface area (Å²) >= 11 is 7.08. The second-order valence-electron chi connectivity index (χ2n) is 42.6. The summed E-state index contributed by atoms with van der Waals surface area (Å²) in [5.41, 5.74) is -12.0. The first-order valence-corrected chi connectivity index (χ1v) is 55.7. The van der Waals surface area contributed by atoms with Gasteiger partial charge >= 0.3 is 47.8 Å². The van der Waals surface area contributed by atoms with E-state index in [1.807, 2.05) is 0 Å². The number of aliphatic hydroxyl groups excluding tert-OH is 16. The average Bonchev–Trinajstić information content (AvgIpc) is 0.768. The standard InChI is InChI=1S/C88H144O48S8/c1-81(2,73(105)106)25-137-17-33-57-41(89)49(97)65(121-33)130-58-34(18-138-26-82(3,4)74(107)108)123-67(51(99)43(58)91)132-60-36(20-140-28-84(7,8)76(111)112)125-69(53(101)45(60)93)134-62-38(22-142-30-86(11,12)78(115)116)127-71(55(103)47(62)95)136-64-40(24-144-32-88(15,16)80(119)120)128-72(56(104)48(64)96)135-63-39(23-143-31-87(13,14)79(117)118)126-70(54(102)46(63)94)133-61-37(21-141-29-85(9,10)77(113)114)124-68(52(100)44(61)92)131-59-35(19-139-27-83(5,6)75(109)110)122-66(129-57)50(98)42(59)90/h33-72,89-104H,17-32H2,1-16H3,(H,105,106)(H,107,108)(H,109,110)(H,111,112)(H,113,114)(H,115,116)(H,117,118)(H,119,120)/t33-,34-,35-,36-,37-,38-,39-,40-,41-,42-,43-,44-,45-,46-,47-,48-,49-,50-,51-,52-,53-,54-,55-,56-,57-,58-,59-,60-,61-,62-,63-,64-,65-,66-,67-,68-,69-,70-,71-,72-/m1/s1. The molecule has 30 aliphatic rings. The Hall–Kier alpha value is -2.72. The van der Waals surface area contributed by atoms with E-state index in [-0.39, 0.29) is 46.0 Å². The highest BCUT2D eigenvalue weighted by Gasteiger charge is 2.62. The van der Waals surface area contributed by atoms with Gasteiger partial charge in [0.25, 0.3) is 0 Å². The number of hydrogen-bond donors (Lipinski definition) is 24. The van der Waals surface area contributed by atoms with Gasteiger partial charge in [-0.25, -0.2) is 0 Å². The lowest BCUT2D eigenvalue weighted by Crippen LogP contribution is -2.69. The number of aliphatic carboxylic acids is 8. The lowest BCUT2D eigenvalue weighted by molar-refractivity contribution is -0.396. The summed E-state index contributed by atoms with van der Waals surface area (Å²) in [5, 5.41) is 282. The normalized spacial score (nSPS) is 39.2. The molecule has 0 amide bonds. The molecule has 24 N–H and O–H groups in total. The summed E-state index contributed by atoms with van der Waals surface area (Å²) in [7, 11) is 0. The minimum Gasteiger partial charge on any atom is -0.481 e. The van der Waals surface area contributed by atoms with Crippen LogP contribution in [0, 0.1) is 43.3 Å². The van der Waals surface area contributed by atoms with Crippen LogP contribution in [0.25, 0.3) is 0 Å². The van der Waals surface area contributed by atoms with Crippen molar-refractivity contribution in [3.05, 3.63) is 0 Å². The Labute approximate surface area is 865 Å². The highest BCUT2D eigenvalue weighted by atomic mass is 32.2. The number of carboxylic acids is 8. The van der Waals surface area contributed by atoms with Gasteiger partial charge in [0.05, 0.1) is 92.2 Å². The Morgan fingerprint density at radius 3 is 0.319 bits per heavy atom. The highest BCUT2D eigenvalue weighted by molar-refractivity contribution is 8.00. The van der Waals surface area contributed by atoms with Crippen molar-refractivity contribution >= 4 is 142 Å². The molecule has 16 bridgehead atoms. The van der Waals surface area contributed by atoms with Crippen LogP contribution in [0.3, 0.4) is 0 Å². The molecule has 0 aromatic heterocycles. The maximum absolute atomic E-state index is 12.6. The molecule has 832 valence electrons. The van der Waals surface area contributed by atoms with E-state index in [0.717, 1.165) is 94.1 Å². The van der Waals surface area contributed by atoms with Crippen LogP contribution in [0.1, 0.15) is 111 Å². The van der Waals surface area contributed by atoms with Crippen LogP contribution in [0.5, 0.6) is 0 Å². The second kappa shape index (κ2) is 51.8. The number of hydrogen-bond acceptors (Lipinski definition) is 48. The van der Waals surface area contributed by atoms with Crippen molar-refractivity contribution in [2.75, 3.05) is 92.0 Å². The molecule has 144 heavy (non-hydrogen) atoms. The lowest BCUT2D eigenvalue weighted by atomic mass is 9.95. The molecular formula is C88H144O48S8. The van der Waals surface area contributed by atoms with E-state index in [1.54, 1.807) is 0 Å². The Morgan fingerprint density at radius 2 is 0.243 bits per heavy atom. The monoisotopic (exact) mass is 2220 g/mol. The van der Waals surface area contributed by atoms with Crippen molar-refractivity contribution in [3.8, 4) is 0 Å². The quantitative estimate of drug-likeness (QED) is 0.0299. The van der Waals surface area contributed by atoms with Crippen molar-refractivity contribution < 1.29 is 237 Å². The zero-order chi connectivity index (χ0) is 108. The van der Waals surface area contributed by atoms with Gasteiger partial charge in [-0.05, 0) is 111 Å². The third-order valence-corrected chi connectivity index (χ3v) is 38.0. The predicted molar refractivity (Wildman–Crippen MR) is 514 cm³/mol. The van der Waals surface area contributed by atoms with Gasteiger partial charge in [0.15, 0.2) is 50.3 Å². The first-order valence-electron chi connectivity index (χ1n) is 46.5. The summed E-state index contributed by atoms with van der Waals surface area (Å²) < 4.78 is 103. The fourth-order valence-electron chi connectivity index (χ4n) is 15.7. The Bertz CT molecular complexity index is 3440. The van der Waals surface area contributed by atoms with Crippen molar-refractivity contribution in [3.63, 3.8) is 0 Å². The van der Waals surface area contributed by atoms with E-state index < -0.39 is 383 Å². The van der Waals surface area contributed by atoms with E-state index >= 15 is 0 Å². The second-order valence-corrected chi connectivity index (χ2v) is 50.9. The number of aliphatic hydroxyl groups is 16. The van der Waals surface area contributed by atoms with Gasteiger partial charge in [0, 0.05) is 92.0 Å². The van der Waals surface area contributed by atoms with Gasteiger partial charge in [-0.3, -0.25) is 38.4 Å². The van der Waals surface area contributed by atoms with E-state index in [4.69, 9.17) is 75.8 Å². The average molecular weight is 2230 g/mol. The minimum absolute atomic E-state index is 0.222. The van der Waals surface area contributed by atoms with Crippen molar-refractivity contribution in [2.24, 2.45) is 43.3 Å². The van der Waals surface area contributed by atoms with Gasteiger partial charge in [-0.1, -0.05) is 0 Å². The molecule has 30 aliphatic heterocycles. The summed E-state index contributed by atoms with van der Waals surface area (Å²) in [6, 6.07) is 0. The van der Waals surface area contributed by atoms with Gasteiger partial charge in [-0.15, -0.1) is 0 Å². The highest BCUT2D eigenvalue weighted by Crippen LogP contribution is 2.46. The molecule has 0 saturated carbocycles. The molecule has 0 radical (unpaired) electrons. The molecule has 30 saturated heterocycles. The van der Waals surface area contributed by atoms with Gasteiger partial charge < -0.3 is 198 Å². The van der Waals surface area contributed by atoms with Crippen LogP contribution in [0.2, 0.25) is 0 Å². The molecule has 0 aromatic carbocycles. The first-order chi connectivity index (χ1) is 66.6. The van der Waals surface area contributed by atoms with Crippen LogP contribution >= 0.6 is 94.1 Å². The molecule has 48 nitrogen and oxygen atoms in total. The Balaban J connectivity index is 1.18. The smallest absolute Gasteiger partial charge is 0.309 e. The van der Waals surface area contributed by atoms with E-state index in [0.29, 0.717) is 0 Å². The summed E-state index contributed by atoms with van der Waals surface area (Å²) in [6.45, 7) is 22.0. The third-order valence-electron chi connectivity index (χ3n) is 26.0. The molecule has 30 heterocycles. The summed E-state index contributed by atoms with van der Waals surface area (Å²) in [4.78, 5) is 101. The number of rotatable bonds is 40. The molecule has 56 heteroatoms. The summed E-state index contributed by atoms with van der Waals surface area (Å²) in [5.74, 6) is -15.4. The molecule has 0 aliphatic carbocycles. The lowest BCUT2D eigenvalue weighted by Gasteiger charge is -2.51. The van der Waals surface area contributed by atoms with E-state index in [1.165, 1.54) is 111 Å². The van der Waals surface area contributed by atoms with Crippen LogP contribution in [0.4, 0.5) is 0 Å². The van der Waals surface area contributed by atoms with Crippen LogP contribution < -0.4 is 0 Å². The largest absolute Gasteiger partial charge is 0.481 e. The van der Waals surface area contributed by atoms with E-state index in [9.17, 15) is 161 Å². The zero-order valence-corrected chi connectivity index (χ0v) is 88.7. The number of thioether (sulfide) groups is 8. The maximum Gasteiger partial charge on any atom is 0.309 e. The molecule has 0 spiro atoms. The van der Waals surface area contributed by atoms with Crippen molar-refractivity contribution in [1.82, 2.24) is 0 Å². The van der Waals surface area contributed by atoms with Crippen molar-refractivity contribution in [1.29, 1.82) is 0 Å². The number of carboxylic acid groups (broad SMARTS) is 8. The third kappa shape index (κ3) is 31.0. The number of ether oxygens (including phenoxy) is 16. The fourth-order valence-corrected chi connectivity index (χ4v) is 25.8. The van der Waals surface area contributed by atoms with Gasteiger partial charge in [-0.2, -0.15) is 94.1 Å². The molecule has 0 unspecified atom stereocenters. The topological polar surface area (TPSA) is 770 Å². The van der Waals surface area contributed by atoms with Crippen molar-refractivity contribution in [2.45, 2.75) is 356 Å². The summed E-state index contributed by atoms with van der Waals surface area (Å²) in [6.07, 6.45) is -84.2. The van der Waals surface area contributed by atoms with Gasteiger partial charge in [0.2, 0.25) is 0 Å². The zero-order valence-electron chi connectivity index (χ0n) is 82.2. The first kappa shape index (κ1) is 125. The number of carbonyl (C=O) groups is 8. The molecule has 0 aromatic rings. The molecule has 30 fully saturated rings. The SMILES string of the molecule is CC(C)(CSC[C@H]1O[C@@H]2O[C@H]3[C@H](O)[C@@H](O)[C@@H](O[C@H]4[C@H](O)[C@@H](O)[C@@H](O[C@H]5[C@H](O)[C@@H](O)[C@@H](O[C@H]6[C@H](O)[C@@H](O)[C@@H](O[C@H]7[C@H](O)[C@@H](O)[C@@H](O[C@H]8[C@H](O)[C@@H](O)[C@@H](O[C@H]9[C@H](O)[C@@H](O)[C@@H](O[C@H]1[C@H](O)[C@H]2O)O[C@@H]9CSCC(C)(C)C(=O)O)O[C@@H]8CSCC(C)(C)C(=O)O)O[C@@H]7CSCC(C)(C)C(=O)O)O[C@@H]6CSCC(C)(C)C(=O)O)O[C@@H]5CSCC(C)(C)C(=O)O)O[C@@H]4CSCC(C)(C)C(=O)O)O[C@@H]3CSCC(C)(C)C(=O)O)C(=O)O. The Morgan fingerprint density at radius 1 is 0.160 bits per heavy atom. The van der Waals surface area contributed by atoms with Crippen LogP contribution in [-0.4, -0.2) is 508 Å². The molecule has 40 atom stereocenters. The van der Waals surface area contributed by atoms with Crippen LogP contribution in [0.15, 0.2) is 0 Å². The fraction of sp³-hybridized carbons (Fsp3) is 0.909. The Kier molecular flexibility index (Phi) is 44.8. The molecule has 30 rings (SSSR count). The van der Waals surface area contributed by atoms with E-state index in [2.05, 4.69) is 0 Å². The minimum atomic E-state index is -2.37. The maximum atomic E-state index is 12.6. The molecular weight excluding hydrogens is 2080 g/mol. The predicted octanol–water partition coefficient (Wildman–Crippen LogP) is -2.59.